The third kappa shape index (κ3) is 4.12. The van der Waals surface area contributed by atoms with Crippen molar-refractivity contribution in [2.75, 3.05) is 18.8 Å². The minimum atomic E-state index is 0.0328. The molecule has 5 nitrogen and oxygen atoms in total. The lowest BCUT2D eigenvalue weighted by molar-refractivity contribution is 0.207. The molecule has 1 atom stereocenters. The van der Waals surface area contributed by atoms with E-state index < -0.39 is 0 Å². The zero-order valence-electron chi connectivity index (χ0n) is 14.2. The molecule has 1 aromatic heterocycles. The van der Waals surface area contributed by atoms with Crippen LogP contribution in [0.1, 0.15) is 17.7 Å². The van der Waals surface area contributed by atoms with Gasteiger partial charge in [-0.1, -0.05) is 18.2 Å². The molecule has 0 spiro atoms. The largest absolute Gasteiger partial charge is 0.334 e. The number of urea groups is 1. The normalized spacial score (nSPS) is 17.2. The van der Waals surface area contributed by atoms with Gasteiger partial charge in [0.25, 0.3) is 0 Å². The molecular weight excluding hydrogens is 320 g/mol. The van der Waals surface area contributed by atoms with E-state index >= 15 is 0 Å². The van der Waals surface area contributed by atoms with E-state index in [0.717, 1.165) is 36.5 Å². The van der Waals surface area contributed by atoms with E-state index in [1.165, 1.54) is 4.90 Å². The standard InChI is InChI=1S/C18H24N4OS/c1-14-16(11-20-21(14)2)10-19-18(23)22-9-8-15(12-22)13-24-17-6-4-3-5-7-17/h3-7,11,15H,8-10,12-13H2,1-2H3,(H,19,23). The molecule has 3 rings (SSSR count). The van der Waals surface area contributed by atoms with Crippen molar-refractivity contribution in [3.63, 3.8) is 0 Å². The van der Waals surface area contributed by atoms with Crippen molar-refractivity contribution in [1.29, 1.82) is 0 Å². The molecule has 1 unspecified atom stereocenters. The molecule has 1 aromatic carbocycles. The second-order valence-corrected chi connectivity index (χ2v) is 7.36. The zero-order valence-corrected chi connectivity index (χ0v) is 15.1. The van der Waals surface area contributed by atoms with Gasteiger partial charge in [0.1, 0.15) is 0 Å². The van der Waals surface area contributed by atoms with Gasteiger partial charge in [-0.25, -0.2) is 4.79 Å². The Morgan fingerprint density at radius 3 is 2.88 bits per heavy atom. The third-order valence-corrected chi connectivity index (χ3v) is 5.81. The Hall–Kier alpha value is -1.95. The van der Waals surface area contributed by atoms with Crippen LogP contribution in [0.4, 0.5) is 4.79 Å². The second kappa shape index (κ2) is 7.75. The number of hydrogen-bond acceptors (Lipinski definition) is 3. The van der Waals surface area contributed by atoms with Crippen molar-refractivity contribution in [1.82, 2.24) is 20.0 Å². The highest BCUT2D eigenvalue weighted by molar-refractivity contribution is 7.99. The lowest BCUT2D eigenvalue weighted by atomic mass is 10.2. The Morgan fingerprint density at radius 2 is 2.17 bits per heavy atom. The van der Waals surface area contributed by atoms with Crippen molar-refractivity contribution in [2.24, 2.45) is 13.0 Å². The number of aryl methyl sites for hydroxylation is 1. The number of carbonyl (C=O) groups is 1. The van der Waals surface area contributed by atoms with Crippen LogP contribution in [0, 0.1) is 12.8 Å². The molecule has 0 bridgehead atoms. The SMILES string of the molecule is Cc1c(CNC(=O)N2CCC(CSc3ccccc3)C2)cnn1C. The molecule has 1 N–H and O–H groups in total. The van der Waals surface area contributed by atoms with Crippen LogP contribution in [0.25, 0.3) is 0 Å². The average molecular weight is 344 g/mol. The van der Waals surface area contributed by atoms with Crippen LogP contribution in [0.5, 0.6) is 0 Å². The molecule has 0 aliphatic carbocycles. The van der Waals surface area contributed by atoms with Crippen molar-refractivity contribution in [3.05, 3.63) is 47.8 Å². The van der Waals surface area contributed by atoms with Crippen LogP contribution in [0.15, 0.2) is 41.4 Å². The molecule has 1 saturated heterocycles. The fourth-order valence-electron chi connectivity index (χ4n) is 2.88. The average Bonchev–Trinajstić information content (AvgIpc) is 3.20. The summed E-state index contributed by atoms with van der Waals surface area (Å²) in [6.45, 7) is 4.25. The fraction of sp³-hybridized carbons (Fsp3) is 0.444. The van der Waals surface area contributed by atoms with E-state index in [2.05, 4.69) is 34.7 Å². The van der Waals surface area contributed by atoms with Crippen molar-refractivity contribution < 1.29 is 4.79 Å². The number of benzene rings is 1. The summed E-state index contributed by atoms with van der Waals surface area (Å²) in [6, 6.07) is 10.5. The Balaban J connectivity index is 1.43. The van der Waals surface area contributed by atoms with Crippen LogP contribution in [-0.4, -0.2) is 39.6 Å². The number of hydrogen-bond donors (Lipinski definition) is 1. The molecular formula is C18H24N4OS. The number of likely N-dealkylation sites (tertiary alicyclic amines) is 1. The van der Waals surface area contributed by atoms with E-state index in [4.69, 9.17) is 0 Å². The Kier molecular flexibility index (Phi) is 5.45. The molecule has 2 aromatic rings. The minimum absolute atomic E-state index is 0.0328. The quantitative estimate of drug-likeness (QED) is 0.848. The van der Waals surface area contributed by atoms with Gasteiger partial charge in [0, 0.05) is 48.6 Å². The predicted octanol–water partition coefficient (Wildman–Crippen LogP) is 3.05. The molecule has 2 heterocycles. The van der Waals surface area contributed by atoms with E-state index in [9.17, 15) is 4.79 Å². The van der Waals surface area contributed by atoms with Gasteiger partial charge in [-0.3, -0.25) is 4.68 Å². The zero-order chi connectivity index (χ0) is 16.9. The van der Waals surface area contributed by atoms with Gasteiger partial charge < -0.3 is 10.2 Å². The van der Waals surface area contributed by atoms with Crippen LogP contribution in [0.2, 0.25) is 0 Å². The van der Waals surface area contributed by atoms with Crippen LogP contribution >= 0.6 is 11.8 Å². The van der Waals surface area contributed by atoms with Gasteiger partial charge in [0.05, 0.1) is 6.20 Å². The van der Waals surface area contributed by atoms with Crippen LogP contribution in [0.3, 0.4) is 0 Å². The highest BCUT2D eigenvalue weighted by Gasteiger charge is 2.26. The number of rotatable bonds is 5. The van der Waals surface area contributed by atoms with Crippen molar-refractivity contribution in [3.8, 4) is 0 Å². The maximum absolute atomic E-state index is 12.3. The van der Waals surface area contributed by atoms with E-state index in [-0.39, 0.29) is 6.03 Å². The maximum atomic E-state index is 12.3. The first kappa shape index (κ1) is 16.9. The predicted molar refractivity (Wildman–Crippen MR) is 97.0 cm³/mol. The third-order valence-electron chi connectivity index (χ3n) is 4.57. The summed E-state index contributed by atoms with van der Waals surface area (Å²) in [6.07, 6.45) is 2.90. The molecule has 128 valence electrons. The summed E-state index contributed by atoms with van der Waals surface area (Å²) in [5, 5.41) is 7.22. The first-order valence-corrected chi connectivity index (χ1v) is 9.30. The highest BCUT2D eigenvalue weighted by Crippen LogP contribution is 2.25. The van der Waals surface area contributed by atoms with E-state index in [0.29, 0.717) is 12.5 Å². The van der Waals surface area contributed by atoms with Crippen LogP contribution < -0.4 is 5.32 Å². The summed E-state index contributed by atoms with van der Waals surface area (Å²) in [5.41, 5.74) is 2.16. The van der Waals surface area contributed by atoms with Gasteiger partial charge in [-0.15, -0.1) is 11.8 Å². The van der Waals surface area contributed by atoms with E-state index in [1.54, 1.807) is 0 Å². The van der Waals surface area contributed by atoms with Crippen molar-refractivity contribution in [2.45, 2.75) is 24.8 Å². The monoisotopic (exact) mass is 344 g/mol. The Morgan fingerprint density at radius 1 is 1.38 bits per heavy atom. The van der Waals surface area contributed by atoms with Gasteiger partial charge in [0.2, 0.25) is 0 Å². The topological polar surface area (TPSA) is 50.2 Å². The van der Waals surface area contributed by atoms with Gasteiger partial charge in [-0.05, 0) is 31.4 Å². The number of thioether (sulfide) groups is 1. The summed E-state index contributed by atoms with van der Waals surface area (Å²) >= 11 is 1.88. The van der Waals surface area contributed by atoms with Gasteiger partial charge in [-0.2, -0.15) is 5.10 Å². The lowest BCUT2D eigenvalue weighted by Crippen LogP contribution is -2.38. The van der Waals surface area contributed by atoms with Gasteiger partial charge >= 0.3 is 6.03 Å². The first-order valence-electron chi connectivity index (χ1n) is 8.31. The van der Waals surface area contributed by atoms with Crippen LogP contribution in [-0.2, 0) is 13.6 Å². The molecule has 0 radical (unpaired) electrons. The Bertz CT molecular complexity index is 686. The number of aromatic nitrogens is 2. The summed E-state index contributed by atoms with van der Waals surface area (Å²) in [5.74, 6) is 1.64. The molecule has 24 heavy (non-hydrogen) atoms. The first-order chi connectivity index (χ1) is 11.6. The van der Waals surface area contributed by atoms with Gasteiger partial charge in [0.15, 0.2) is 0 Å². The fourth-order valence-corrected chi connectivity index (χ4v) is 3.93. The molecule has 1 aliphatic rings. The number of nitrogens with zero attached hydrogens (tertiary/aromatic N) is 3. The number of carbonyl (C=O) groups excluding carboxylic acids is 1. The summed E-state index contributed by atoms with van der Waals surface area (Å²) in [4.78, 5) is 15.6. The molecule has 1 aliphatic heterocycles. The molecule has 2 amide bonds. The smallest absolute Gasteiger partial charge is 0.317 e. The summed E-state index contributed by atoms with van der Waals surface area (Å²) in [7, 11) is 1.91. The number of nitrogens with one attached hydrogen (secondary N) is 1. The van der Waals surface area contributed by atoms with Crippen molar-refractivity contribution >= 4 is 17.8 Å². The maximum Gasteiger partial charge on any atom is 0.317 e. The molecule has 1 fully saturated rings. The highest BCUT2D eigenvalue weighted by atomic mass is 32.2. The van der Waals surface area contributed by atoms with E-state index in [1.807, 2.05) is 47.6 Å². The Labute approximate surface area is 147 Å². The minimum Gasteiger partial charge on any atom is -0.334 e. The summed E-state index contributed by atoms with van der Waals surface area (Å²) < 4.78 is 1.83. The second-order valence-electron chi connectivity index (χ2n) is 6.26. The lowest BCUT2D eigenvalue weighted by Gasteiger charge is -2.17. The molecule has 6 heteroatoms. The molecule has 0 saturated carbocycles. The number of amides is 2.